The molecule has 1 radical (unpaired) electrons. The molecule has 8 rings (SSSR count). The number of aromatic nitrogens is 3. The van der Waals surface area contributed by atoms with Crippen LogP contribution in [-0.2, 0) is 26.5 Å². The summed E-state index contributed by atoms with van der Waals surface area (Å²) in [5, 5.41) is 2.06. The van der Waals surface area contributed by atoms with Crippen LogP contribution in [-0.4, -0.2) is 15.0 Å². The maximum atomic E-state index is 8.56. The first kappa shape index (κ1) is 31.1. The number of rotatable bonds is 5. The average molecular weight is 816 g/mol. The van der Waals surface area contributed by atoms with Crippen molar-refractivity contribution >= 4 is 21.9 Å². The number of hydrogen-bond acceptors (Lipinski definition) is 4. The van der Waals surface area contributed by atoms with Crippen molar-refractivity contribution in [1.29, 1.82) is 0 Å². The summed E-state index contributed by atoms with van der Waals surface area (Å²) in [5.74, 6) is 0. The third-order valence-corrected chi connectivity index (χ3v) is 7.82. The van der Waals surface area contributed by atoms with Gasteiger partial charge in [0.15, 0.2) is 0 Å². The van der Waals surface area contributed by atoms with E-state index < -0.39 is 11.8 Å². The molecule has 0 unspecified atom stereocenters. The minimum absolute atomic E-state index is 0. The summed E-state index contributed by atoms with van der Waals surface area (Å²) in [6.07, 6.45) is 1.89. The van der Waals surface area contributed by atoms with Crippen LogP contribution >= 0.6 is 0 Å². The fraction of sp³-hybridized carbons (Fsp3) is 0.114. The van der Waals surface area contributed by atoms with E-state index in [0.717, 1.165) is 66.8 Å². The van der Waals surface area contributed by atoms with Crippen LogP contribution in [0, 0.1) is 17.5 Å². The minimum Gasteiger partial charge on any atom is -0.500 e. The van der Waals surface area contributed by atoms with E-state index in [1.165, 1.54) is 0 Å². The van der Waals surface area contributed by atoms with Crippen LogP contribution < -0.4 is 0 Å². The quantitative estimate of drug-likeness (QED) is 0.162. The van der Waals surface area contributed by atoms with Gasteiger partial charge in [0.2, 0.25) is 0 Å². The maximum Gasteiger partial charge on any atom is 0.128 e. The normalized spacial score (nSPS) is 12.0. The van der Waals surface area contributed by atoms with Crippen molar-refractivity contribution in [3.63, 3.8) is 0 Å². The van der Waals surface area contributed by atoms with Crippen molar-refractivity contribution in [2.24, 2.45) is 5.41 Å². The Labute approximate surface area is 304 Å². The van der Waals surface area contributed by atoms with Gasteiger partial charge in [0, 0.05) is 40.0 Å². The second-order valence-electron chi connectivity index (χ2n) is 12.5. The zero-order valence-electron chi connectivity index (χ0n) is 29.4. The zero-order valence-corrected chi connectivity index (χ0v) is 29.8. The van der Waals surface area contributed by atoms with E-state index in [4.69, 9.17) is 7.16 Å². The molecule has 0 aliphatic rings. The smallest absolute Gasteiger partial charge is 0.128 e. The van der Waals surface area contributed by atoms with Crippen LogP contribution in [0.4, 0.5) is 0 Å². The summed E-state index contributed by atoms with van der Waals surface area (Å²) >= 11 is 0. The number of benzene rings is 5. The van der Waals surface area contributed by atoms with E-state index in [2.05, 4.69) is 57.4 Å². The molecule has 0 aliphatic heterocycles. The van der Waals surface area contributed by atoms with Crippen LogP contribution in [0.3, 0.4) is 0 Å². The van der Waals surface area contributed by atoms with Gasteiger partial charge in [0.25, 0.3) is 0 Å². The van der Waals surface area contributed by atoms with Crippen molar-refractivity contribution in [3.8, 4) is 44.9 Å². The molecule has 0 aliphatic carbocycles. The molecule has 3 aromatic heterocycles. The molecule has 8 aromatic rings. The van der Waals surface area contributed by atoms with Crippen molar-refractivity contribution < 1.29 is 27.3 Å². The third kappa shape index (κ3) is 7.75. The number of hydrogen-bond donors (Lipinski definition) is 0. The standard InChI is InChI=1S/C33H27N2O.C11H8N.Ir/c1-33(2,3)20-22-15-17-24(18-16-22)29-19-30(35-21-34-29)28-14-8-13-27-26-12-7-11-25(31(26)36-32(27)28)23-9-5-4-6-10-23;1-2-6-10(7-3-1)11-8-4-5-9-12-11;/h4-13,15-19,21H,20H2,1-3H3;1-6,8-9H;/q2*-1;/i20D2;;. The average Bonchev–Trinajstić information content (AvgIpc) is 3.55. The number of pyridine rings is 1. The molecule has 5 aromatic carbocycles. The van der Waals surface area contributed by atoms with Gasteiger partial charge in [-0.05, 0) is 45.9 Å². The number of nitrogens with zero attached hydrogens (tertiary/aromatic N) is 3. The second kappa shape index (κ2) is 14.9. The Morgan fingerprint density at radius 2 is 1.39 bits per heavy atom. The van der Waals surface area contributed by atoms with Crippen molar-refractivity contribution in [2.75, 3.05) is 0 Å². The van der Waals surface area contributed by atoms with Gasteiger partial charge in [-0.2, -0.15) is 0 Å². The van der Waals surface area contributed by atoms with E-state index in [1.807, 2.05) is 124 Å². The molecule has 0 saturated heterocycles. The summed E-state index contributed by atoms with van der Waals surface area (Å²) in [7, 11) is 0. The summed E-state index contributed by atoms with van der Waals surface area (Å²) in [6, 6.07) is 50.0. The fourth-order valence-electron chi connectivity index (χ4n) is 5.68. The van der Waals surface area contributed by atoms with Gasteiger partial charge in [-0.15, -0.1) is 54.1 Å². The van der Waals surface area contributed by atoms with Gasteiger partial charge in [0.1, 0.15) is 11.9 Å². The Balaban J connectivity index is 0.000000291. The van der Waals surface area contributed by atoms with E-state index in [9.17, 15) is 0 Å². The predicted octanol–water partition coefficient (Wildman–Crippen LogP) is 11.3. The zero-order chi connectivity index (χ0) is 34.7. The Morgan fingerprint density at radius 1 is 0.633 bits per heavy atom. The molecular formula is C44H35IrN3O-2. The number of fused-ring (bicyclic) bond motifs is 3. The summed E-state index contributed by atoms with van der Waals surface area (Å²) in [6.45, 7) is 5.74. The molecule has 5 heteroatoms. The summed E-state index contributed by atoms with van der Waals surface area (Å²) in [5.41, 5.74) is 9.02. The SMILES string of the molecule is [2H]C([2H])(c1ccc(-c2cc(-c3[c-]ccc4c3oc3c(-c5ccccc5)cccc34)ncn2)cc1)C(C)(C)C.[Ir].[c-]1ccccc1-c1ccccn1. The summed E-state index contributed by atoms with van der Waals surface area (Å²) < 4.78 is 23.6. The van der Waals surface area contributed by atoms with E-state index in [-0.39, 0.29) is 20.1 Å². The van der Waals surface area contributed by atoms with Gasteiger partial charge < -0.3 is 9.40 Å². The minimum atomic E-state index is -1.45. The van der Waals surface area contributed by atoms with Gasteiger partial charge in [-0.3, -0.25) is 4.98 Å². The van der Waals surface area contributed by atoms with Gasteiger partial charge in [-0.25, -0.2) is 4.98 Å². The third-order valence-electron chi connectivity index (χ3n) is 7.82. The molecule has 4 nitrogen and oxygen atoms in total. The largest absolute Gasteiger partial charge is 0.500 e. The Hall–Kier alpha value is -5.22. The molecule has 0 N–H and O–H groups in total. The van der Waals surface area contributed by atoms with E-state index >= 15 is 0 Å². The van der Waals surface area contributed by atoms with Crippen LogP contribution in [0.1, 0.15) is 29.1 Å². The van der Waals surface area contributed by atoms with Crippen LogP contribution in [0.25, 0.3) is 66.8 Å². The predicted molar refractivity (Wildman–Crippen MR) is 196 cm³/mol. The Kier molecular flexibility index (Phi) is 9.45. The topological polar surface area (TPSA) is 51.8 Å². The molecular weight excluding hydrogens is 779 g/mol. The molecule has 0 spiro atoms. The first-order valence-corrected chi connectivity index (χ1v) is 15.9. The maximum absolute atomic E-state index is 8.56. The van der Waals surface area contributed by atoms with Crippen LogP contribution in [0.5, 0.6) is 0 Å². The summed E-state index contributed by atoms with van der Waals surface area (Å²) in [4.78, 5) is 13.3. The first-order valence-electron chi connectivity index (χ1n) is 16.9. The molecule has 0 amide bonds. The molecule has 49 heavy (non-hydrogen) atoms. The Bertz CT molecular complexity index is 2340. The van der Waals surface area contributed by atoms with Crippen molar-refractivity contribution in [3.05, 3.63) is 164 Å². The van der Waals surface area contributed by atoms with Crippen molar-refractivity contribution in [1.82, 2.24) is 15.0 Å². The molecule has 0 atom stereocenters. The van der Waals surface area contributed by atoms with Crippen molar-refractivity contribution in [2.45, 2.75) is 27.1 Å². The van der Waals surface area contributed by atoms with Crippen LogP contribution in [0.15, 0.2) is 150 Å². The van der Waals surface area contributed by atoms with Gasteiger partial charge in [0.05, 0.1) is 11.3 Å². The molecule has 0 bridgehead atoms. The molecule has 3 heterocycles. The Morgan fingerprint density at radius 3 is 2.12 bits per heavy atom. The van der Waals surface area contributed by atoms with Gasteiger partial charge >= 0.3 is 0 Å². The number of para-hydroxylation sites is 1. The fourth-order valence-corrected chi connectivity index (χ4v) is 5.68. The van der Waals surface area contributed by atoms with Crippen LogP contribution in [0.2, 0.25) is 0 Å². The van der Waals surface area contributed by atoms with E-state index in [1.54, 1.807) is 12.5 Å². The molecule has 243 valence electrons. The van der Waals surface area contributed by atoms with E-state index in [0.29, 0.717) is 5.56 Å². The first-order chi connectivity index (χ1) is 24.2. The monoisotopic (exact) mass is 816 g/mol. The molecule has 0 saturated carbocycles. The van der Waals surface area contributed by atoms with Gasteiger partial charge in [-0.1, -0.05) is 123 Å². The number of furan rings is 1. The second-order valence-corrected chi connectivity index (χ2v) is 12.5. The molecule has 0 fully saturated rings.